The highest BCUT2D eigenvalue weighted by Crippen LogP contribution is 2.27. The topological polar surface area (TPSA) is 47.6 Å². The quantitative estimate of drug-likeness (QED) is 0.800. The summed E-state index contributed by atoms with van der Waals surface area (Å²) in [7, 11) is 1.32. The number of alkyl carbamates (subject to hydrolysis) is 1. The third-order valence-corrected chi connectivity index (χ3v) is 2.56. The van der Waals surface area contributed by atoms with E-state index in [1.807, 2.05) is 25.1 Å². The van der Waals surface area contributed by atoms with Gasteiger partial charge in [0.15, 0.2) is 0 Å². The number of hydrogen-bond donors (Lipinski definition) is 1. The molecule has 1 rings (SSSR count). The Labute approximate surface area is 113 Å². The molecule has 0 bridgehead atoms. The number of rotatable bonds is 6. The van der Waals surface area contributed by atoms with Gasteiger partial charge in [-0.15, -0.1) is 6.58 Å². The van der Waals surface area contributed by atoms with Crippen LogP contribution in [0.2, 0.25) is 0 Å². The first kappa shape index (κ1) is 14.8. The summed E-state index contributed by atoms with van der Waals surface area (Å²) in [6, 6.07) is 5.39. The molecule has 1 aromatic rings. The van der Waals surface area contributed by atoms with Crippen molar-refractivity contribution in [2.45, 2.75) is 13.0 Å². The van der Waals surface area contributed by atoms with E-state index in [9.17, 15) is 4.79 Å². The zero-order valence-corrected chi connectivity index (χ0v) is 11.3. The van der Waals surface area contributed by atoms with Gasteiger partial charge in [0.25, 0.3) is 0 Å². The average Bonchev–Trinajstić information content (AvgIpc) is 2.42. The van der Waals surface area contributed by atoms with Gasteiger partial charge in [0, 0.05) is 5.56 Å². The van der Waals surface area contributed by atoms with Crippen molar-refractivity contribution in [3.8, 4) is 5.75 Å². The number of amides is 1. The van der Waals surface area contributed by atoms with Gasteiger partial charge < -0.3 is 14.8 Å². The van der Waals surface area contributed by atoms with Gasteiger partial charge in [-0.3, -0.25) is 0 Å². The molecule has 0 aliphatic carbocycles. The van der Waals surface area contributed by atoms with Gasteiger partial charge >= 0.3 is 6.09 Å². The van der Waals surface area contributed by atoms with Crippen LogP contribution in [0.1, 0.15) is 17.2 Å². The van der Waals surface area contributed by atoms with Crippen LogP contribution >= 0.6 is 0 Å². The van der Waals surface area contributed by atoms with Crippen LogP contribution in [0.25, 0.3) is 0 Å². The Morgan fingerprint density at radius 2 is 2.21 bits per heavy atom. The normalized spacial score (nSPS) is 11.3. The third kappa shape index (κ3) is 4.17. The minimum Gasteiger partial charge on any atom is -0.489 e. The van der Waals surface area contributed by atoms with E-state index in [0.717, 1.165) is 11.1 Å². The van der Waals surface area contributed by atoms with E-state index in [0.29, 0.717) is 12.4 Å². The fraction of sp³-hybridized carbons (Fsp3) is 0.267. The molecular weight excluding hydrogens is 242 g/mol. The molecule has 1 amide bonds. The van der Waals surface area contributed by atoms with Crippen LogP contribution in [-0.4, -0.2) is 19.8 Å². The van der Waals surface area contributed by atoms with Crippen molar-refractivity contribution < 1.29 is 14.3 Å². The van der Waals surface area contributed by atoms with Crippen LogP contribution in [0.5, 0.6) is 5.75 Å². The number of benzene rings is 1. The second kappa shape index (κ2) is 7.26. The van der Waals surface area contributed by atoms with Crippen LogP contribution in [0, 0.1) is 6.92 Å². The molecule has 4 nitrogen and oxygen atoms in total. The van der Waals surface area contributed by atoms with Crippen molar-refractivity contribution in [2.75, 3.05) is 13.7 Å². The van der Waals surface area contributed by atoms with Gasteiger partial charge in [-0.2, -0.15) is 0 Å². The highest BCUT2D eigenvalue weighted by Gasteiger charge is 2.16. The molecule has 0 aliphatic heterocycles. The molecule has 0 aromatic heterocycles. The lowest BCUT2D eigenvalue weighted by Gasteiger charge is -2.18. The number of methoxy groups -OCH3 is 1. The molecule has 102 valence electrons. The number of aryl methyl sites for hydroxylation is 1. The largest absolute Gasteiger partial charge is 0.489 e. The summed E-state index contributed by atoms with van der Waals surface area (Å²) >= 11 is 0. The van der Waals surface area contributed by atoms with Gasteiger partial charge in [0.1, 0.15) is 12.4 Å². The van der Waals surface area contributed by atoms with E-state index in [1.54, 1.807) is 12.2 Å². The SMILES string of the molecule is C=CCOc1cc(C)ccc1C(C=C)NC(=O)OC. The lowest BCUT2D eigenvalue weighted by Crippen LogP contribution is -2.27. The monoisotopic (exact) mass is 261 g/mol. The van der Waals surface area contributed by atoms with Crippen molar-refractivity contribution in [3.63, 3.8) is 0 Å². The smallest absolute Gasteiger partial charge is 0.407 e. The minimum absolute atomic E-state index is 0.368. The Morgan fingerprint density at radius 3 is 2.79 bits per heavy atom. The van der Waals surface area contributed by atoms with Gasteiger partial charge in [-0.25, -0.2) is 4.79 Å². The lowest BCUT2D eigenvalue weighted by molar-refractivity contribution is 0.168. The number of hydrogen-bond acceptors (Lipinski definition) is 3. The van der Waals surface area contributed by atoms with E-state index < -0.39 is 6.09 Å². The zero-order valence-electron chi connectivity index (χ0n) is 11.3. The average molecular weight is 261 g/mol. The Hall–Kier alpha value is -2.23. The Balaban J connectivity index is 3.03. The molecule has 19 heavy (non-hydrogen) atoms. The third-order valence-electron chi connectivity index (χ3n) is 2.56. The van der Waals surface area contributed by atoms with Gasteiger partial charge in [0.05, 0.1) is 13.2 Å². The van der Waals surface area contributed by atoms with E-state index in [4.69, 9.17) is 4.74 Å². The Kier molecular flexibility index (Phi) is 5.67. The molecule has 1 N–H and O–H groups in total. The van der Waals surface area contributed by atoms with Crippen molar-refractivity contribution in [1.29, 1.82) is 0 Å². The number of nitrogens with one attached hydrogen (secondary N) is 1. The fourth-order valence-corrected chi connectivity index (χ4v) is 1.62. The van der Waals surface area contributed by atoms with Crippen LogP contribution in [0.15, 0.2) is 43.5 Å². The van der Waals surface area contributed by atoms with Crippen molar-refractivity contribution in [3.05, 3.63) is 54.6 Å². The molecular formula is C15H19NO3. The first-order chi connectivity index (χ1) is 9.12. The van der Waals surface area contributed by atoms with Crippen molar-refractivity contribution in [2.24, 2.45) is 0 Å². The standard InChI is InChI=1S/C15H19NO3/c1-5-9-19-14-10-11(3)7-8-12(14)13(6-2)16-15(17)18-4/h5-8,10,13H,1-2,9H2,3-4H3,(H,16,17). The molecule has 0 fully saturated rings. The summed E-state index contributed by atoms with van der Waals surface area (Å²) in [5.41, 5.74) is 1.90. The second-order valence-electron chi connectivity index (χ2n) is 3.99. The molecule has 0 saturated carbocycles. The predicted molar refractivity (Wildman–Crippen MR) is 75.3 cm³/mol. The Morgan fingerprint density at radius 1 is 1.47 bits per heavy atom. The maximum Gasteiger partial charge on any atom is 0.407 e. The summed E-state index contributed by atoms with van der Waals surface area (Å²) in [5, 5.41) is 2.68. The number of carbonyl (C=O) groups is 1. The highest BCUT2D eigenvalue weighted by molar-refractivity contribution is 5.68. The highest BCUT2D eigenvalue weighted by atomic mass is 16.5. The molecule has 0 radical (unpaired) electrons. The maximum atomic E-state index is 11.3. The van der Waals surface area contributed by atoms with Gasteiger partial charge in [-0.1, -0.05) is 30.9 Å². The van der Waals surface area contributed by atoms with Crippen LogP contribution in [0.3, 0.4) is 0 Å². The first-order valence-corrected chi connectivity index (χ1v) is 5.93. The molecule has 0 saturated heterocycles. The molecule has 1 aromatic carbocycles. The van der Waals surface area contributed by atoms with Crippen LogP contribution < -0.4 is 10.1 Å². The van der Waals surface area contributed by atoms with E-state index in [2.05, 4.69) is 23.2 Å². The van der Waals surface area contributed by atoms with Crippen LogP contribution in [0.4, 0.5) is 4.79 Å². The maximum absolute atomic E-state index is 11.3. The molecule has 4 heteroatoms. The Bertz CT molecular complexity index is 468. The molecule has 0 heterocycles. The van der Waals surface area contributed by atoms with Gasteiger partial charge in [0.2, 0.25) is 0 Å². The van der Waals surface area contributed by atoms with Crippen LogP contribution in [-0.2, 0) is 4.74 Å². The first-order valence-electron chi connectivity index (χ1n) is 5.93. The van der Waals surface area contributed by atoms with E-state index in [-0.39, 0.29) is 6.04 Å². The van der Waals surface area contributed by atoms with Crippen molar-refractivity contribution in [1.82, 2.24) is 5.32 Å². The summed E-state index contributed by atoms with van der Waals surface area (Å²) in [6.07, 6.45) is 2.78. The molecule has 0 spiro atoms. The molecule has 0 aliphatic rings. The summed E-state index contributed by atoms with van der Waals surface area (Å²) in [5.74, 6) is 0.696. The number of carbonyl (C=O) groups excluding carboxylic acids is 1. The van der Waals surface area contributed by atoms with Crippen molar-refractivity contribution >= 4 is 6.09 Å². The zero-order chi connectivity index (χ0) is 14.3. The fourth-order valence-electron chi connectivity index (χ4n) is 1.62. The molecule has 1 unspecified atom stereocenters. The summed E-state index contributed by atoms with van der Waals surface area (Å²) < 4.78 is 10.2. The van der Waals surface area contributed by atoms with E-state index in [1.165, 1.54) is 7.11 Å². The summed E-state index contributed by atoms with van der Waals surface area (Å²) in [4.78, 5) is 11.3. The van der Waals surface area contributed by atoms with Gasteiger partial charge in [-0.05, 0) is 18.6 Å². The summed E-state index contributed by atoms with van der Waals surface area (Å²) in [6.45, 7) is 9.72. The minimum atomic E-state index is -0.514. The second-order valence-corrected chi connectivity index (χ2v) is 3.99. The van der Waals surface area contributed by atoms with E-state index >= 15 is 0 Å². The predicted octanol–water partition coefficient (Wildman–Crippen LogP) is 3.14. The lowest BCUT2D eigenvalue weighted by atomic mass is 10.0. The number of ether oxygens (including phenoxy) is 2. The molecule has 1 atom stereocenters.